The van der Waals surface area contributed by atoms with Gasteiger partial charge in [-0.05, 0) is 5.92 Å². The minimum Gasteiger partial charge on any atom is -0.364 e. The van der Waals surface area contributed by atoms with Crippen molar-refractivity contribution in [2.75, 3.05) is 0 Å². The molecular weight excluding hydrogens is 210 g/mol. The van der Waals surface area contributed by atoms with Crippen LogP contribution in [0.5, 0.6) is 0 Å². The van der Waals surface area contributed by atoms with Crippen LogP contribution in [0.2, 0.25) is 0 Å². The molecule has 0 bridgehead atoms. The van der Waals surface area contributed by atoms with Gasteiger partial charge in [0.25, 0.3) is 5.91 Å². The molecule has 0 saturated heterocycles. The van der Waals surface area contributed by atoms with Crippen molar-refractivity contribution < 1.29 is 4.79 Å². The molecular formula is C10H11N3OS. The summed E-state index contributed by atoms with van der Waals surface area (Å²) >= 11 is 1.52. The van der Waals surface area contributed by atoms with Gasteiger partial charge in [0.05, 0.1) is 11.2 Å². The Kier molecular flexibility index (Phi) is 2.40. The number of rotatable bonds is 2. The smallest absolute Gasteiger partial charge is 0.269 e. The molecule has 0 aliphatic carbocycles. The first kappa shape index (κ1) is 10.0. The summed E-state index contributed by atoms with van der Waals surface area (Å²) in [6, 6.07) is 0. The molecule has 0 aromatic carbocycles. The monoisotopic (exact) mass is 221 g/mol. The summed E-state index contributed by atoms with van der Waals surface area (Å²) < 4.78 is 0. The van der Waals surface area contributed by atoms with Crippen molar-refractivity contribution in [1.82, 2.24) is 9.97 Å². The lowest BCUT2D eigenvalue weighted by Gasteiger charge is -2.07. The minimum absolute atomic E-state index is 0.143. The molecule has 2 N–H and O–H groups in total. The maximum Gasteiger partial charge on any atom is 0.269 e. The topological polar surface area (TPSA) is 68.9 Å². The van der Waals surface area contributed by atoms with Gasteiger partial charge in [-0.25, -0.2) is 9.97 Å². The van der Waals surface area contributed by atoms with Crippen molar-refractivity contribution in [1.29, 1.82) is 0 Å². The number of aromatic nitrogens is 2. The van der Waals surface area contributed by atoms with Gasteiger partial charge < -0.3 is 5.73 Å². The van der Waals surface area contributed by atoms with Crippen LogP contribution in [0.25, 0.3) is 11.0 Å². The molecule has 0 aliphatic heterocycles. The van der Waals surface area contributed by atoms with Gasteiger partial charge in [-0.15, -0.1) is 11.3 Å². The average Bonchev–Trinajstić information content (AvgIpc) is 2.61. The van der Waals surface area contributed by atoms with Crippen LogP contribution in [0.4, 0.5) is 0 Å². The molecule has 4 nitrogen and oxygen atoms in total. The van der Waals surface area contributed by atoms with E-state index < -0.39 is 5.91 Å². The Bertz CT molecular complexity index is 518. The fourth-order valence-electron chi connectivity index (χ4n) is 1.40. The van der Waals surface area contributed by atoms with E-state index in [0.717, 1.165) is 11.0 Å². The van der Waals surface area contributed by atoms with E-state index in [1.54, 1.807) is 0 Å². The Labute approximate surface area is 91.2 Å². The molecule has 0 fully saturated rings. The number of nitrogens with zero attached hydrogens (tertiary/aromatic N) is 2. The van der Waals surface area contributed by atoms with Crippen LogP contribution >= 0.6 is 11.3 Å². The Morgan fingerprint density at radius 3 is 2.47 bits per heavy atom. The molecule has 15 heavy (non-hydrogen) atoms. The van der Waals surface area contributed by atoms with Gasteiger partial charge in [-0.3, -0.25) is 4.79 Å². The molecule has 2 aromatic heterocycles. The quantitative estimate of drug-likeness (QED) is 0.842. The molecule has 0 spiro atoms. The van der Waals surface area contributed by atoms with E-state index in [9.17, 15) is 4.79 Å². The predicted molar refractivity (Wildman–Crippen MR) is 60.0 cm³/mol. The van der Waals surface area contributed by atoms with E-state index in [1.807, 2.05) is 24.6 Å². The minimum atomic E-state index is -0.515. The molecule has 0 atom stereocenters. The average molecular weight is 221 g/mol. The Morgan fingerprint density at radius 1 is 1.33 bits per heavy atom. The predicted octanol–water partition coefficient (Wildman–Crippen LogP) is 1.91. The van der Waals surface area contributed by atoms with E-state index in [1.165, 1.54) is 11.3 Å². The van der Waals surface area contributed by atoms with Crippen molar-refractivity contribution in [2.24, 2.45) is 5.73 Å². The third-order valence-corrected chi connectivity index (χ3v) is 2.84. The van der Waals surface area contributed by atoms with Crippen LogP contribution in [-0.2, 0) is 0 Å². The number of thiophene rings is 1. The second-order valence-electron chi connectivity index (χ2n) is 3.62. The van der Waals surface area contributed by atoms with Gasteiger partial charge in [-0.2, -0.15) is 0 Å². The first-order chi connectivity index (χ1) is 7.09. The van der Waals surface area contributed by atoms with Crippen LogP contribution in [-0.4, -0.2) is 15.9 Å². The van der Waals surface area contributed by atoms with Crippen LogP contribution in [0.3, 0.4) is 0 Å². The highest BCUT2D eigenvalue weighted by molar-refractivity contribution is 7.09. The van der Waals surface area contributed by atoms with E-state index in [4.69, 9.17) is 5.73 Å². The zero-order chi connectivity index (χ0) is 11.0. The van der Waals surface area contributed by atoms with Gasteiger partial charge in [0, 0.05) is 10.8 Å². The fraction of sp³-hybridized carbons (Fsp3) is 0.300. The normalized spacial score (nSPS) is 11.1. The summed E-state index contributed by atoms with van der Waals surface area (Å²) in [5.74, 6) is -0.372. The Hall–Kier alpha value is -1.49. The van der Waals surface area contributed by atoms with Crippen LogP contribution in [0.1, 0.15) is 35.9 Å². The number of nitrogens with two attached hydrogens (primary N) is 1. The molecule has 0 aliphatic rings. The molecule has 0 radical (unpaired) electrons. The first-order valence-electron chi connectivity index (χ1n) is 4.63. The summed E-state index contributed by atoms with van der Waals surface area (Å²) in [7, 11) is 0. The summed E-state index contributed by atoms with van der Waals surface area (Å²) in [5, 5.41) is 3.78. The van der Waals surface area contributed by atoms with E-state index >= 15 is 0 Å². The van der Waals surface area contributed by atoms with Gasteiger partial charge >= 0.3 is 0 Å². The highest BCUT2D eigenvalue weighted by atomic mass is 32.1. The maximum absolute atomic E-state index is 11.2. The molecule has 2 rings (SSSR count). The highest BCUT2D eigenvalue weighted by Gasteiger charge is 2.16. The van der Waals surface area contributed by atoms with Gasteiger partial charge in [0.15, 0.2) is 0 Å². The lowest BCUT2D eigenvalue weighted by atomic mass is 10.1. The van der Waals surface area contributed by atoms with Crippen molar-refractivity contribution in [2.45, 2.75) is 19.8 Å². The molecule has 1 amide bonds. The fourth-order valence-corrected chi connectivity index (χ4v) is 2.07. The van der Waals surface area contributed by atoms with Gasteiger partial charge in [0.1, 0.15) is 11.2 Å². The molecule has 2 aromatic rings. The number of hydrogen-bond donors (Lipinski definition) is 1. The zero-order valence-corrected chi connectivity index (χ0v) is 9.34. The first-order valence-corrected chi connectivity index (χ1v) is 5.57. The SMILES string of the molecule is CC(C)c1nc2cscc2nc1C(N)=O. The summed E-state index contributed by atoms with van der Waals surface area (Å²) in [4.78, 5) is 19.8. The molecule has 5 heteroatoms. The van der Waals surface area contributed by atoms with E-state index in [-0.39, 0.29) is 11.6 Å². The molecule has 78 valence electrons. The standard InChI is InChI=1S/C10H11N3OS/c1-5(2)8-9(10(11)14)13-7-4-15-3-6(7)12-8/h3-5H,1-2H3,(H2,11,14). The van der Waals surface area contributed by atoms with Crippen molar-refractivity contribution in [3.63, 3.8) is 0 Å². The van der Waals surface area contributed by atoms with Crippen LogP contribution < -0.4 is 5.73 Å². The number of amides is 1. The Balaban J connectivity index is 2.73. The molecule has 0 saturated carbocycles. The number of carbonyl (C=O) groups excluding carboxylic acids is 1. The van der Waals surface area contributed by atoms with E-state index in [0.29, 0.717) is 5.69 Å². The van der Waals surface area contributed by atoms with Crippen molar-refractivity contribution in [3.05, 3.63) is 22.1 Å². The molecule has 0 unspecified atom stereocenters. The van der Waals surface area contributed by atoms with Crippen LogP contribution in [0.15, 0.2) is 10.8 Å². The van der Waals surface area contributed by atoms with Crippen molar-refractivity contribution >= 4 is 28.3 Å². The molecule has 2 heterocycles. The third-order valence-electron chi connectivity index (χ3n) is 2.12. The number of hydrogen-bond acceptors (Lipinski definition) is 4. The number of primary amides is 1. The van der Waals surface area contributed by atoms with E-state index in [2.05, 4.69) is 9.97 Å². The second-order valence-corrected chi connectivity index (χ2v) is 4.36. The summed E-state index contributed by atoms with van der Waals surface area (Å²) in [6.45, 7) is 3.93. The van der Waals surface area contributed by atoms with Crippen LogP contribution in [0, 0.1) is 0 Å². The second kappa shape index (κ2) is 3.58. The Morgan fingerprint density at radius 2 is 1.93 bits per heavy atom. The zero-order valence-electron chi connectivity index (χ0n) is 8.52. The lowest BCUT2D eigenvalue weighted by molar-refractivity contribution is 0.0994. The van der Waals surface area contributed by atoms with Gasteiger partial charge in [0.2, 0.25) is 0 Å². The third kappa shape index (κ3) is 1.70. The number of carbonyl (C=O) groups is 1. The maximum atomic E-state index is 11.2. The largest absolute Gasteiger partial charge is 0.364 e. The highest BCUT2D eigenvalue weighted by Crippen LogP contribution is 2.21. The lowest BCUT2D eigenvalue weighted by Crippen LogP contribution is -2.17. The number of fused-ring (bicyclic) bond motifs is 1. The summed E-state index contributed by atoms with van der Waals surface area (Å²) in [6.07, 6.45) is 0. The van der Waals surface area contributed by atoms with Crippen molar-refractivity contribution in [3.8, 4) is 0 Å². The van der Waals surface area contributed by atoms with Gasteiger partial charge in [-0.1, -0.05) is 13.8 Å². The summed E-state index contributed by atoms with van der Waals surface area (Å²) in [5.41, 5.74) is 7.80.